The van der Waals surface area contributed by atoms with Crippen molar-refractivity contribution < 1.29 is 19.8 Å². The predicted molar refractivity (Wildman–Crippen MR) is 58.8 cm³/mol. The maximum Gasteiger partial charge on any atom is 0.328 e. The van der Waals surface area contributed by atoms with Crippen molar-refractivity contribution in [2.75, 3.05) is 6.61 Å². The van der Waals surface area contributed by atoms with Crippen LogP contribution in [-0.2, 0) is 11.3 Å². The van der Waals surface area contributed by atoms with E-state index in [0.717, 1.165) is 11.3 Å². The number of amides is 2. The van der Waals surface area contributed by atoms with E-state index >= 15 is 0 Å². The van der Waals surface area contributed by atoms with E-state index in [2.05, 4.69) is 15.6 Å². The zero-order chi connectivity index (χ0) is 12.8. The first-order valence-electron chi connectivity index (χ1n) is 4.57. The minimum absolute atomic E-state index is 0.0718. The first-order chi connectivity index (χ1) is 8.02. The number of H-pyrrole nitrogens is 1. The summed E-state index contributed by atoms with van der Waals surface area (Å²) in [4.78, 5) is 34.7. The molecule has 5 N–H and O–H groups in total. The average molecular weight is 261 g/mol. The topological polar surface area (TPSA) is 132 Å². The van der Waals surface area contributed by atoms with Crippen LogP contribution in [0, 0.1) is 0 Å². The molecule has 0 spiro atoms. The Kier molecular flexibility index (Phi) is 4.67. The molecule has 0 saturated carbocycles. The number of aliphatic hydroxyl groups excluding tert-OH is 1. The third-order valence-corrected chi connectivity index (χ3v) is 2.51. The van der Waals surface area contributed by atoms with Crippen molar-refractivity contribution >= 4 is 23.3 Å². The summed E-state index contributed by atoms with van der Waals surface area (Å²) in [5, 5.41) is 23.2. The molecule has 1 aromatic rings. The van der Waals surface area contributed by atoms with Crippen LogP contribution in [0.25, 0.3) is 0 Å². The summed E-state index contributed by atoms with van der Waals surface area (Å²) in [6.07, 6.45) is 0. The highest BCUT2D eigenvalue weighted by Crippen LogP contribution is 1.94. The molecular formula is C8H11N3O5S. The summed E-state index contributed by atoms with van der Waals surface area (Å²) in [7, 11) is 0. The molecule has 9 heteroatoms. The molecule has 2 amide bonds. The monoisotopic (exact) mass is 261 g/mol. The maximum absolute atomic E-state index is 11.2. The third kappa shape index (κ3) is 4.25. The van der Waals surface area contributed by atoms with Crippen LogP contribution in [0.5, 0.6) is 0 Å². The lowest BCUT2D eigenvalue weighted by Crippen LogP contribution is -2.47. The van der Waals surface area contributed by atoms with Gasteiger partial charge in [0, 0.05) is 11.1 Å². The van der Waals surface area contributed by atoms with Gasteiger partial charge in [0.15, 0.2) is 6.04 Å². The minimum atomic E-state index is -1.35. The highest BCUT2D eigenvalue weighted by molar-refractivity contribution is 7.07. The summed E-state index contributed by atoms with van der Waals surface area (Å²) >= 11 is 0.962. The molecule has 1 heterocycles. The van der Waals surface area contributed by atoms with E-state index < -0.39 is 24.6 Å². The van der Waals surface area contributed by atoms with E-state index in [4.69, 9.17) is 10.2 Å². The molecule has 0 fully saturated rings. The molecule has 0 bridgehead atoms. The standard InChI is InChI=1S/C8H11N3O5S/c12-2-5(6(13)14)11-7(15)9-1-4-3-17-8(16)10-4/h3,5,12H,1-2H2,(H,10,16)(H,13,14)(H2,9,11,15)/t5-/m0/s1. The van der Waals surface area contributed by atoms with Gasteiger partial charge in [0.05, 0.1) is 13.2 Å². The van der Waals surface area contributed by atoms with E-state index in [-0.39, 0.29) is 11.4 Å². The Bertz CT molecular complexity index is 454. The number of nitrogens with one attached hydrogen (secondary N) is 3. The van der Waals surface area contributed by atoms with Gasteiger partial charge >= 0.3 is 16.9 Å². The van der Waals surface area contributed by atoms with E-state index in [9.17, 15) is 14.4 Å². The number of aromatic nitrogens is 1. The lowest BCUT2D eigenvalue weighted by atomic mass is 10.3. The molecule has 8 nitrogen and oxygen atoms in total. The Balaban J connectivity index is 2.39. The number of carbonyl (C=O) groups excluding carboxylic acids is 1. The fraction of sp³-hybridized carbons (Fsp3) is 0.375. The van der Waals surface area contributed by atoms with Gasteiger partial charge in [-0.25, -0.2) is 9.59 Å². The molecule has 0 aliphatic rings. The Hall–Kier alpha value is -1.87. The molecule has 0 unspecified atom stereocenters. The number of hydrogen-bond donors (Lipinski definition) is 5. The number of carboxylic acids is 1. The van der Waals surface area contributed by atoms with Crippen LogP contribution in [0.4, 0.5) is 4.79 Å². The lowest BCUT2D eigenvalue weighted by Gasteiger charge is -2.11. The molecule has 0 aliphatic heterocycles. The summed E-state index contributed by atoms with van der Waals surface area (Å²) in [6, 6.07) is -2.09. The van der Waals surface area contributed by atoms with E-state index in [1.54, 1.807) is 5.38 Å². The molecule has 1 rings (SSSR count). The smallest absolute Gasteiger partial charge is 0.328 e. The number of aliphatic carboxylic acids is 1. The Morgan fingerprint density at radius 1 is 1.53 bits per heavy atom. The van der Waals surface area contributed by atoms with Crippen molar-refractivity contribution in [3.8, 4) is 0 Å². The normalized spacial score (nSPS) is 11.8. The number of urea groups is 1. The van der Waals surface area contributed by atoms with Gasteiger partial charge in [0.2, 0.25) is 0 Å². The number of carboxylic acid groups (broad SMARTS) is 1. The Morgan fingerprint density at radius 2 is 2.24 bits per heavy atom. The largest absolute Gasteiger partial charge is 0.480 e. The minimum Gasteiger partial charge on any atom is -0.480 e. The second-order valence-electron chi connectivity index (χ2n) is 3.07. The van der Waals surface area contributed by atoms with Crippen molar-refractivity contribution in [1.29, 1.82) is 0 Å². The number of carbonyl (C=O) groups is 2. The number of aliphatic hydroxyl groups is 1. The molecule has 1 atom stereocenters. The van der Waals surface area contributed by atoms with E-state index in [1.807, 2.05) is 0 Å². The quantitative estimate of drug-likeness (QED) is 0.448. The van der Waals surface area contributed by atoms with Gasteiger partial charge in [-0.2, -0.15) is 0 Å². The molecule has 17 heavy (non-hydrogen) atoms. The van der Waals surface area contributed by atoms with Crippen LogP contribution in [0.1, 0.15) is 5.69 Å². The first kappa shape index (κ1) is 13.2. The van der Waals surface area contributed by atoms with E-state index in [0.29, 0.717) is 5.69 Å². The number of hydrogen-bond acceptors (Lipinski definition) is 5. The zero-order valence-corrected chi connectivity index (χ0v) is 9.41. The molecular weight excluding hydrogens is 250 g/mol. The van der Waals surface area contributed by atoms with Crippen molar-refractivity contribution in [2.24, 2.45) is 0 Å². The molecule has 1 aromatic heterocycles. The molecule has 0 saturated heterocycles. The van der Waals surface area contributed by atoms with Crippen LogP contribution in [0.2, 0.25) is 0 Å². The molecule has 0 aromatic carbocycles. The highest BCUT2D eigenvalue weighted by atomic mass is 32.1. The van der Waals surface area contributed by atoms with Crippen molar-refractivity contribution in [2.45, 2.75) is 12.6 Å². The SMILES string of the molecule is O=C(NCc1csc(=O)[nH]1)N[C@@H](CO)C(=O)O. The van der Waals surface area contributed by atoms with Crippen molar-refractivity contribution in [3.05, 3.63) is 20.7 Å². The highest BCUT2D eigenvalue weighted by Gasteiger charge is 2.18. The number of aromatic amines is 1. The summed E-state index contributed by atoms with van der Waals surface area (Å²) in [6.45, 7) is -0.625. The Labute approximate surface area is 99.3 Å². The number of rotatable bonds is 5. The fourth-order valence-corrected chi connectivity index (χ4v) is 1.55. The predicted octanol–water partition coefficient (Wildman–Crippen LogP) is -1.32. The van der Waals surface area contributed by atoms with Crippen LogP contribution in [0.3, 0.4) is 0 Å². The van der Waals surface area contributed by atoms with Crippen LogP contribution < -0.4 is 15.5 Å². The Morgan fingerprint density at radius 3 is 2.71 bits per heavy atom. The van der Waals surface area contributed by atoms with Gasteiger partial charge in [-0.3, -0.25) is 4.79 Å². The fourth-order valence-electron chi connectivity index (χ4n) is 0.971. The summed E-state index contributed by atoms with van der Waals surface area (Å²) in [5.74, 6) is -1.33. The van der Waals surface area contributed by atoms with Crippen molar-refractivity contribution in [3.63, 3.8) is 0 Å². The van der Waals surface area contributed by atoms with Crippen LogP contribution in [0.15, 0.2) is 10.2 Å². The van der Waals surface area contributed by atoms with Gasteiger partial charge in [-0.05, 0) is 0 Å². The zero-order valence-electron chi connectivity index (χ0n) is 8.60. The van der Waals surface area contributed by atoms with Gasteiger partial charge in [-0.1, -0.05) is 11.3 Å². The first-order valence-corrected chi connectivity index (χ1v) is 5.45. The summed E-state index contributed by atoms with van der Waals surface area (Å²) < 4.78 is 0. The maximum atomic E-state index is 11.2. The molecule has 0 aliphatic carbocycles. The number of thiazole rings is 1. The van der Waals surface area contributed by atoms with Crippen LogP contribution >= 0.6 is 11.3 Å². The molecule has 94 valence electrons. The third-order valence-electron chi connectivity index (χ3n) is 1.80. The summed E-state index contributed by atoms with van der Waals surface area (Å²) in [5.41, 5.74) is 0.519. The van der Waals surface area contributed by atoms with Crippen molar-refractivity contribution in [1.82, 2.24) is 15.6 Å². The lowest BCUT2D eigenvalue weighted by molar-refractivity contribution is -0.140. The van der Waals surface area contributed by atoms with Gasteiger partial charge in [0.25, 0.3) is 0 Å². The second-order valence-corrected chi connectivity index (χ2v) is 3.92. The van der Waals surface area contributed by atoms with Crippen LogP contribution in [-0.4, -0.2) is 39.8 Å². The second kappa shape index (κ2) is 6.01. The molecule has 0 radical (unpaired) electrons. The average Bonchev–Trinajstić information content (AvgIpc) is 2.68. The van der Waals surface area contributed by atoms with Gasteiger partial charge < -0.3 is 25.8 Å². The van der Waals surface area contributed by atoms with Gasteiger partial charge in [-0.15, -0.1) is 0 Å². The van der Waals surface area contributed by atoms with Gasteiger partial charge in [0.1, 0.15) is 0 Å². The van der Waals surface area contributed by atoms with E-state index in [1.165, 1.54) is 0 Å².